The molecule has 1 aromatic heterocycles. The third kappa shape index (κ3) is 4.64. The number of nitrogens with one attached hydrogen (secondary N) is 1. The Hall–Kier alpha value is -1.06. The minimum atomic E-state index is -0.0316. The lowest BCUT2D eigenvalue weighted by Crippen LogP contribution is -2.20. The molecule has 0 saturated heterocycles. The number of carbonyl (C=O) groups is 1. The van der Waals surface area contributed by atoms with E-state index in [1.54, 1.807) is 6.07 Å². The normalized spacial score (nSPS) is 10.7. The van der Waals surface area contributed by atoms with Crippen molar-refractivity contribution >= 4 is 35.2 Å². The van der Waals surface area contributed by atoms with Crippen LogP contribution in [0.4, 0.5) is 0 Å². The maximum atomic E-state index is 10.6. The van der Waals surface area contributed by atoms with Crippen LogP contribution in [0, 0.1) is 0 Å². The van der Waals surface area contributed by atoms with E-state index in [0.717, 1.165) is 12.0 Å². The summed E-state index contributed by atoms with van der Waals surface area (Å²) < 4.78 is 0. The molecule has 0 radical (unpaired) electrons. The van der Waals surface area contributed by atoms with Crippen molar-refractivity contribution in [2.75, 3.05) is 6.54 Å². The molecule has 5 heteroatoms. The number of rotatable bonds is 4. The number of aromatic nitrogens is 1. The lowest BCUT2D eigenvalue weighted by Gasteiger charge is -1.99. The summed E-state index contributed by atoms with van der Waals surface area (Å²) in [6.07, 6.45) is 5.99. The van der Waals surface area contributed by atoms with Crippen LogP contribution in [0.25, 0.3) is 6.08 Å². The van der Waals surface area contributed by atoms with Crippen molar-refractivity contribution in [1.82, 2.24) is 10.3 Å². The summed E-state index contributed by atoms with van der Waals surface area (Å²) in [5.74, 6) is -0.0316. The molecule has 0 bridgehead atoms. The molecule has 0 fully saturated rings. The molecule has 0 unspecified atom stereocenters. The zero-order chi connectivity index (χ0) is 12.0. The van der Waals surface area contributed by atoms with Gasteiger partial charge in [0.05, 0.1) is 5.02 Å². The second kappa shape index (κ2) is 6.51. The Bertz CT molecular complexity index is 405. The van der Waals surface area contributed by atoms with Crippen LogP contribution in [0.5, 0.6) is 0 Å². The molecule has 16 heavy (non-hydrogen) atoms. The Kier molecular flexibility index (Phi) is 5.29. The van der Waals surface area contributed by atoms with Gasteiger partial charge in [0.15, 0.2) is 0 Å². The fraction of sp³-hybridized carbons (Fsp3) is 0.273. The molecule has 0 atom stereocenters. The molecule has 0 saturated carbocycles. The van der Waals surface area contributed by atoms with Gasteiger partial charge in [-0.15, -0.1) is 0 Å². The second-order valence-corrected chi connectivity index (χ2v) is 4.00. The Labute approximate surface area is 104 Å². The van der Waals surface area contributed by atoms with Gasteiger partial charge in [-0.3, -0.25) is 4.79 Å². The van der Waals surface area contributed by atoms with Crippen LogP contribution in [-0.4, -0.2) is 17.4 Å². The van der Waals surface area contributed by atoms with E-state index in [1.165, 1.54) is 13.1 Å². The first-order valence-electron chi connectivity index (χ1n) is 4.81. The van der Waals surface area contributed by atoms with Crippen LogP contribution >= 0.6 is 23.2 Å². The monoisotopic (exact) mass is 258 g/mol. The minimum absolute atomic E-state index is 0.0316. The fourth-order valence-electron chi connectivity index (χ4n) is 1.10. The van der Waals surface area contributed by atoms with Gasteiger partial charge in [-0.05, 0) is 12.5 Å². The van der Waals surface area contributed by atoms with Crippen LogP contribution in [0.2, 0.25) is 10.2 Å². The van der Waals surface area contributed by atoms with Gasteiger partial charge in [-0.1, -0.05) is 35.4 Å². The topological polar surface area (TPSA) is 42.0 Å². The second-order valence-electron chi connectivity index (χ2n) is 3.21. The third-order valence-corrected chi connectivity index (χ3v) is 2.34. The lowest BCUT2D eigenvalue weighted by atomic mass is 10.2. The highest BCUT2D eigenvalue weighted by Gasteiger charge is 1.98. The quantitative estimate of drug-likeness (QED) is 0.667. The molecule has 86 valence electrons. The molecular weight excluding hydrogens is 247 g/mol. The number of halogens is 2. The Morgan fingerprint density at radius 3 is 3.00 bits per heavy atom. The molecule has 0 aliphatic heterocycles. The van der Waals surface area contributed by atoms with Crippen molar-refractivity contribution in [2.45, 2.75) is 13.3 Å². The van der Waals surface area contributed by atoms with Crippen LogP contribution in [-0.2, 0) is 4.79 Å². The standard InChI is InChI=1S/C11H12Cl2N2O/c1-8(16)14-5-3-2-4-9-6-10(12)7-15-11(9)13/h2,4,6-7H,3,5H2,1H3,(H,14,16). The van der Waals surface area contributed by atoms with Crippen molar-refractivity contribution < 1.29 is 4.79 Å². The average molecular weight is 259 g/mol. The zero-order valence-corrected chi connectivity index (χ0v) is 10.3. The first kappa shape index (κ1) is 13.0. The average Bonchev–Trinajstić information content (AvgIpc) is 2.22. The van der Waals surface area contributed by atoms with Crippen molar-refractivity contribution in [3.05, 3.63) is 34.1 Å². The largest absolute Gasteiger partial charge is 0.356 e. The van der Waals surface area contributed by atoms with Gasteiger partial charge in [0.2, 0.25) is 5.91 Å². The van der Waals surface area contributed by atoms with E-state index in [1.807, 2.05) is 12.2 Å². The van der Waals surface area contributed by atoms with Crippen LogP contribution in [0.3, 0.4) is 0 Å². The smallest absolute Gasteiger partial charge is 0.216 e. The first-order valence-corrected chi connectivity index (χ1v) is 5.57. The fourth-order valence-corrected chi connectivity index (χ4v) is 1.43. The minimum Gasteiger partial charge on any atom is -0.356 e. The van der Waals surface area contributed by atoms with Gasteiger partial charge in [-0.25, -0.2) is 4.98 Å². The Morgan fingerprint density at radius 2 is 2.31 bits per heavy atom. The highest BCUT2D eigenvalue weighted by atomic mass is 35.5. The number of pyridine rings is 1. The number of nitrogens with zero attached hydrogens (tertiary/aromatic N) is 1. The number of hydrogen-bond donors (Lipinski definition) is 1. The first-order chi connectivity index (χ1) is 7.59. The molecule has 1 N–H and O–H groups in total. The van der Waals surface area contributed by atoms with Gasteiger partial charge in [0, 0.05) is 25.2 Å². The van der Waals surface area contributed by atoms with Gasteiger partial charge in [0.1, 0.15) is 5.15 Å². The van der Waals surface area contributed by atoms with Crippen LogP contribution in [0.15, 0.2) is 18.3 Å². The summed E-state index contributed by atoms with van der Waals surface area (Å²) >= 11 is 11.7. The number of carbonyl (C=O) groups excluding carboxylic acids is 1. The highest BCUT2D eigenvalue weighted by Crippen LogP contribution is 2.18. The SMILES string of the molecule is CC(=O)NCCC=Cc1cc(Cl)cnc1Cl. The van der Waals surface area contributed by atoms with Gasteiger partial charge < -0.3 is 5.32 Å². The summed E-state index contributed by atoms with van der Waals surface area (Å²) in [4.78, 5) is 14.5. The molecule has 0 aliphatic rings. The van der Waals surface area contributed by atoms with Crippen LogP contribution in [0.1, 0.15) is 18.9 Å². The van der Waals surface area contributed by atoms with Gasteiger partial charge >= 0.3 is 0 Å². The molecule has 0 aliphatic carbocycles. The molecule has 0 aromatic carbocycles. The van der Waals surface area contributed by atoms with E-state index in [2.05, 4.69) is 10.3 Å². The molecule has 0 spiro atoms. The van der Waals surface area contributed by atoms with Gasteiger partial charge in [-0.2, -0.15) is 0 Å². The van der Waals surface area contributed by atoms with Crippen LogP contribution < -0.4 is 5.32 Å². The van der Waals surface area contributed by atoms with E-state index in [4.69, 9.17) is 23.2 Å². The predicted molar refractivity (Wildman–Crippen MR) is 66.6 cm³/mol. The maximum Gasteiger partial charge on any atom is 0.216 e. The summed E-state index contributed by atoms with van der Waals surface area (Å²) in [5.41, 5.74) is 0.775. The molecular formula is C11H12Cl2N2O. The Morgan fingerprint density at radius 1 is 1.56 bits per heavy atom. The van der Waals surface area contributed by atoms with Crippen molar-refractivity contribution in [2.24, 2.45) is 0 Å². The maximum absolute atomic E-state index is 10.6. The van der Waals surface area contributed by atoms with E-state index < -0.39 is 0 Å². The molecule has 1 rings (SSSR count). The molecule has 1 heterocycles. The Balaban J connectivity index is 2.49. The van der Waals surface area contributed by atoms with Crippen molar-refractivity contribution in [3.63, 3.8) is 0 Å². The summed E-state index contributed by atoms with van der Waals surface area (Å²) in [6.45, 7) is 2.10. The predicted octanol–water partition coefficient (Wildman–Crippen LogP) is 2.93. The summed E-state index contributed by atoms with van der Waals surface area (Å²) in [6, 6.07) is 1.74. The van der Waals surface area contributed by atoms with E-state index >= 15 is 0 Å². The van der Waals surface area contributed by atoms with Crippen molar-refractivity contribution in [3.8, 4) is 0 Å². The van der Waals surface area contributed by atoms with E-state index in [9.17, 15) is 4.79 Å². The number of hydrogen-bond acceptors (Lipinski definition) is 2. The molecule has 1 amide bonds. The zero-order valence-electron chi connectivity index (χ0n) is 8.84. The molecule has 3 nitrogen and oxygen atoms in total. The highest BCUT2D eigenvalue weighted by molar-refractivity contribution is 6.33. The van der Waals surface area contributed by atoms with Crippen molar-refractivity contribution in [1.29, 1.82) is 0 Å². The van der Waals surface area contributed by atoms with E-state index in [-0.39, 0.29) is 5.91 Å². The van der Waals surface area contributed by atoms with Gasteiger partial charge in [0.25, 0.3) is 0 Å². The van der Waals surface area contributed by atoms with E-state index in [0.29, 0.717) is 16.7 Å². The third-order valence-electron chi connectivity index (χ3n) is 1.82. The molecule has 1 aromatic rings. The lowest BCUT2D eigenvalue weighted by molar-refractivity contribution is -0.118. The summed E-state index contributed by atoms with van der Waals surface area (Å²) in [5, 5.41) is 3.66. The number of amides is 1. The summed E-state index contributed by atoms with van der Waals surface area (Å²) in [7, 11) is 0.